The molecule has 4 N–H and O–H groups in total. The summed E-state index contributed by atoms with van der Waals surface area (Å²) in [6.07, 6.45) is 0. The molecular weight excluding hydrogens is 196 g/mol. The number of methoxy groups -OCH3 is 2. The molecule has 4 nitrogen and oxygen atoms in total. The molecule has 1 aliphatic heterocycles. The summed E-state index contributed by atoms with van der Waals surface area (Å²) in [6, 6.07) is 0. The van der Waals surface area contributed by atoms with Crippen LogP contribution >= 0.6 is 0 Å². The summed E-state index contributed by atoms with van der Waals surface area (Å²) < 4.78 is 10.9. The zero-order valence-corrected chi connectivity index (χ0v) is 10.9. The van der Waals surface area contributed by atoms with Gasteiger partial charge >= 0.3 is 0 Å². The summed E-state index contributed by atoms with van der Waals surface area (Å²) >= 11 is 0. The van der Waals surface area contributed by atoms with Gasteiger partial charge in [0, 0.05) is 19.8 Å². The maximum Gasteiger partial charge on any atom is 0.157 e. The number of hydrogen-bond acceptors (Lipinski definition) is 4. The zero-order valence-electron chi connectivity index (χ0n) is 9.70. The van der Waals surface area contributed by atoms with Crippen molar-refractivity contribution in [3.8, 4) is 0 Å². The van der Waals surface area contributed by atoms with Crippen LogP contribution in [0.5, 0.6) is 0 Å². The lowest BCUT2D eigenvalue weighted by molar-refractivity contribution is -0.111. The van der Waals surface area contributed by atoms with Crippen molar-refractivity contribution in [2.45, 2.75) is 37.0 Å². The standard InChI is InChI=1S/C9H22N2O2Si/c1-6(2)8(10,11)14-7(3)9(14,12-4)13-5/h6-7,14H,10-11H2,1-5H3. The molecule has 0 aromatic heterocycles. The van der Waals surface area contributed by atoms with Crippen molar-refractivity contribution in [1.29, 1.82) is 0 Å². The first-order valence-electron chi connectivity index (χ1n) is 5.02. The Kier molecular flexibility index (Phi) is 3.09. The molecule has 2 unspecified atom stereocenters. The molecule has 0 aliphatic carbocycles. The van der Waals surface area contributed by atoms with Crippen LogP contribution < -0.4 is 11.5 Å². The van der Waals surface area contributed by atoms with E-state index in [1.54, 1.807) is 14.2 Å². The second-order valence-corrected chi connectivity index (χ2v) is 8.31. The highest BCUT2D eigenvalue weighted by molar-refractivity contribution is 6.78. The lowest BCUT2D eigenvalue weighted by Crippen LogP contribution is -2.63. The fourth-order valence-corrected chi connectivity index (χ4v) is 6.70. The van der Waals surface area contributed by atoms with Gasteiger partial charge in [-0.25, -0.2) is 0 Å². The SMILES string of the molecule is COC1(OC)C(C)[SiH]1C(N)(N)C(C)C. The molecule has 5 heteroatoms. The Morgan fingerprint density at radius 3 is 1.93 bits per heavy atom. The van der Waals surface area contributed by atoms with Gasteiger partial charge in [-0.15, -0.1) is 0 Å². The van der Waals surface area contributed by atoms with Crippen LogP contribution in [0.4, 0.5) is 0 Å². The summed E-state index contributed by atoms with van der Waals surface area (Å²) in [5.41, 5.74) is 12.3. The van der Waals surface area contributed by atoms with Crippen LogP contribution in [-0.2, 0) is 9.47 Å². The molecule has 0 radical (unpaired) electrons. The molecule has 0 aromatic rings. The summed E-state index contributed by atoms with van der Waals surface area (Å²) in [7, 11) is 1.92. The number of rotatable bonds is 4. The first kappa shape index (κ1) is 12.1. The predicted molar refractivity (Wildman–Crippen MR) is 59.3 cm³/mol. The van der Waals surface area contributed by atoms with Crippen molar-refractivity contribution in [2.75, 3.05) is 14.2 Å². The van der Waals surface area contributed by atoms with E-state index in [0.717, 1.165) is 0 Å². The van der Waals surface area contributed by atoms with Crippen LogP contribution in [0.1, 0.15) is 20.8 Å². The Hall–Kier alpha value is 0.0569. The van der Waals surface area contributed by atoms with Crippen LogP contribution in [0.15, 0.2) is 0 Å². The highest BCUT2D eigenvalue weighted by atomic mass is 28.3. The molecule has 14 heavy (non-hydrogen) atoms. The maximum absolute atomic E-state index is 6.16. The Morgan fingerprint density at radius 1 is 1.29 bits per heavy atom. The largest absolute Gasteiger partial charge is 0.357 e. The molecule has 2 atom stereocenters. The number of hydrogen-bond donors (Lipinski definition) is 2. The van der Waals surface area contributed by atoms with E-state index in [2.05, 4.69) is 6.92 Å². The second kappa shape index (κ2) is 3.57. The van der Waals surface area contributed by atoms with Gasteiger partial charge in [-0.05, 0) is 5.92 Å². The molecule has 0 bridgehead atoms. The first-order valence-corrected chi connectivity index (χ1v) is 6.84. The summed E-state index contributed by atoms with van der Waals surface area (Å²) in [4.78, 5) is 0. The maximum atomic E-state index is 6.16. The van der Waals surface area contributed by atoms with Crippen LogP contribution in [-0.4, -0.2) is 33.7 Å². The summed E-state index contributed by atoms with van der Waals surface area (Å²) in [6.45, 7) is 6.21. The van der Waals surface area contributed by atoms with Crippen molar-refractivity contribution in [3.05, 3.63) is 0 Å². The fourth-order valence-electron chi connectivity index (χ4n) is 2.35. The fraction of sp³-hybridized carbons (Fsp3) is 1.00. The van der Waals surface area contributed by atoms with E-state index in [1.807, 2.05) is 13.8 Å². The second-order valence-electron chi connectivity index (χ2n) is 4.55. The third-order valence-electron chi connectivity index (χ3n) is 3.64. The van der Waals surface area contributed by atoms with Gasteiger partial charge in [0.05, 0.1) is 5.29 Å². The van der Waals surface area contributed by atoms with Crippen LogP contribution in [0, 0.1) is 5.92 Å². The molecule has 1 fully saturated rings. The monoisotopic (exact) mass is 218 g/mol. The van der Waals surface area contributed by atoms with Gasteiger partial charge in [0.2, 0.25) is 0 Å². The van der Waals surface area contributed by atoms with Gasteiger partial charge in [0.1, 0.15) is 0 Å². The minimum Gasteiger partial charge on any atom is -0.357 e. The molecule has 1 aliphatic rings. The van der Waals surface area contributed by atoms with Crippen LogP contribution in [0.25, 0.3) is 0 Å². The van der Waals surface area contributed by atoms with Crippen LogP contribution in [0.3, 0.4) is 0 Å². The highest BCUT2D eigenvalue weighted by Gasteiger charge is 2.72. The van der Waals surface area contributed by atoms with Crippen molar-refractivity contribution < 1.29 is 9.47 Å². The van der Waals surface area contributed by atoms with E-state index in [0.29, 0.717) is 5.54 Å². The average molecular weight is 218 g/mol. The van der Waals surface area contributed by atoms with Gasteiger partial charge in [-0.2, -0.15) is 0 Å². The Labute approximate surface area is 87.5 Å². The van der Waals surface area contributed by atoms with E-state index in [1.165, 1.54) is 0 Å². The molecule has 0 saturated carbocycles. The Morgan fingerprint density at radius 2 is 1.71 bits per heavy atom. The minimum atomic E-state index is -1.42. The van der Waals surface area contributed by atoms with E-state index in [4.69, 9.17) is 20.9 Å². The van der Waals surface area contributed by atoms with Gasteiger partial charge in [0.25, 0.3) is 0 Å². The van der Waals surface area contributed by atoms with Gasteiger partial charge in [0.15, 0.2) is 14.2 Å². The zero-order chi connectivity index (χ0) is 11.1. The topological polar surface area (TPSA) is 70.5 Å². The van der Waals surface area contributed by atoms with E-state index in [-0.39, 0.29) is 5.92 Å². The number of nitrogens with two attached hydrogens (primary N) is 2. The van der Waals surface area contributed by atoms with E-state index < -0.39 is 19.5 Å². The molecule has 84 valence electrons. The third-order valence-corrected chi connectivity index (χ3v) is 8.30. The minimum absolute atomic E-state index is 0.258. The third kappa shape index (κ3) is 1.43. The average Bonchev–Trinajstić information content (AvgIpc) is 2.72. The molecule has 0 amide bonds. The molecule has 1 rings (SSSR count). The lowest BCUT2D eigenvalue weighted by atomic mass is 10.2. The molecular formula is C9H22N2O2Si. The Bertz CT molecular complexity index is 215. The van der Waals surface area contributed by atoms with E-state index in [9.17, 15) is 0 Å². The van der Waals surface area contributed by atoms with Crippen LogP contribution in [0.2, 0.25) is 5.54 Å². The number of ether oxygens (including phenoxy) is 2. The smallest absolute Gasteiger partial charge is 0.157 e. The summed E-state index contributed by atoms with van der Waals surface area (Å²) in [5, 5.41) is -0.592. The van der Waals surface area contributed by atoms with E-state index >= 15 is 0 Å². The van der Waals surface area contributed by atoms with Gasteiger partial charge < -0.3 is 20.9 Å². The first-order chi connectivity index (χ1) is 6.34. The molecule has 0 aromatic carbocycles. The van der Waals surface area contributed by atoms with Crippen molar-refractivity contribution in [2.24, 2.45) is 17.4 Å². The highest BCUT2D eigenvalue weighted by Crippen LogP contribution is 2.54. The van der Waals surface area contributed by atoms with Gasteiger partial charge in [-0.1, -0.05) is 20.8 Å². The normalized spacial score (nSPS) is 30.9. The van der Waals surface area contributed by atoms with Gasteiger partial charge in [-0.3, -0.25) is 0 Å². The Balaban J connectivity index is 2.83. The molecule has 0 spiro atoms. The van der Waals surface area contributed by atoms with Crippen molar-refractivity contribution in [3.63, 3.8) is 0 Å². The molecule has 1 saturated heterocycles. The lowest BCUT2D eigenvalue weighted by Gasteiger charge is -2.30. The summed E-state index contributed by atoms with van der Waals surface area (Å²) in [5.74, 6) is 0.258. The quantitative estimate of drug-likeness (QED) is 0.513. The molecule has 1 heterocycles. The predicted octanol–water partition coefficient (Wildman–Crippen LogP) is -0.0456. The van der Waals surface area contributed by atoms with Crippen molar-refractivity contribution in [1.82, 2.24) is 0 Å². The van der Waals surface area contributed by atoms with Crippen molar-refractivity contribution >= 4 is 8.80 Å².